The van der Waals surface area contributed by atoms with E-state index in [1.165, 1.54) is 0 Å². The van der Waals surface area contributed by atoms with Crippen LogP contribution in [0.5, 0.6) is 5.75 Å². The predicted molar refractivity (Wildman–Crippen MR) is 115 cm³/mol. The molecule has 0 aliphatic carbocycles. The number of carbonyl (C=O) groups is 2. The first-order chi connectivity index (χ1) is 13.9. The van der Waals surface area contributed by atoms with E-state index < -0.39 is 6.10 Å². The normalized spacial score (nSPS) is 11.4. The van der Waals surface area contributed by atoms with Crippen molar-refractivity contribution in [2.45, 2.75) is 26.9 Å². The minimum Gasteiger partial charge on any atom is -0.481 e. The minimum absolute atomic E-state index is 0.203. The molecule has 2 amide bonds. The fourth-order valence-electron chi connectivity index (χ4n) is 2.73. The monoisotopic (exact) mass is 388 g/mol. The molecule has 1 unspecified atom stereocenters. The molecule has 0 saturated heterocycles. The van der Waals surface area contributed by atoms with Crippen molar-refractivity contribution in [3.05, 3.63) is 89.5 Å². The molecule has 0 saturated carbocycles. The summed E-state index contributed by atoms with van der Waals surface area (Å²) in [5.41, 5.74) is 4.12. The van der Waals surface area contributed by atoms with Gasteiger partial charge < -0.3 is 15.4 Å². The average Bonchev–Trinajstić information content (AvgIpc) is 2.72. The van der Waals surface area contributed by atoms with E-state index in [0.29, 0.717) is 11.3 Å². The number of para-hydroxylation sites is 1. The lowest BCUT2D eigenvalue weighted by molar-refractivity contribution is -0.122. The SMILES string of the molecule is Cc1ccc(NC(=O)c2ccc(OC(C)C(=O)Nc3ccccc3C)cc2)cc1. The first-order valence-corrected chi connectivity index (χ1v) is 9.43. The Balaban J connectivity index is 1.58. The summed E-state index contributed by atoms with van der Waals surface area (Å²) in [5, 5.41) is 5.72. The summed E-state index contributed by atoms with van der Waals surface area (Å²) >= 11 is 0. The van der Waals surface area contributed by atoms with Crippen LogP contribution in [0.1, 0.15) is 28.4 Å². The summed E-state index contributed by atoms with van der Waals surface area (Å²) < 4.78 is 5.71. The van der Waals surface area contributed by atoms with Crippen LogP contribution in [0.2, 0.25) is 0 Å². The Bertz CT molecular complexity index is 995. The third-order valence-corrected chi connectivity index (χ3v) is 4.51. The maximum absolute atomic E-state index is 12.4. The van der Waals surface area contributed by atoms with Crippen molar-refractivity contribution >= 4 is 23.2 Å². The third-order valence-electron chi connectivity index (χ3n) is 4.51. The van der Waals surface area contributed by atoms with Crippen LogP contribution >= 0.6 is 0 Å². The lowest BCUT2D eigenvalue weighted by Crippen LogP contribution is -2.30. The molecule has 0 heterocycles. The molecule has 0 spiro atoms. The van der Waals surface area contributed by atoms with E-state index in [0.717, 1.165) is 22.5 Å². The van der Waals surface area contributed by atoms with E-state index in [-0.39, 0.29) is 11.8 Å². The average molecular weight is 388 g/mol. The Morgan fingerprint density at radius 2 is 1.48 bits per heavy atom. The molecule has 148 valence electrons. The van der Waals surface area contributed by atoms with Crippen LogP contribution in [-0.2, 0) is 4.79 Å². The number of aryl methyl sites for hydroxylation is 2. The molecule has 0 aromatic heterocycles. The molecule has 0 radical (unpaired) electrons. The quantitative estimate of drug-likeness (QED) is 0.627. The van der Waals surface area contributed by atoms with E-state index in [1.807, 2.05) is 62.4 Å². The summed E-state index contributed by atoms with van der Waals surface area (Å²) in [6.45, 7) is 5.61. The van der Waals surface area contributed by atoms with E-state index >= 15 is 0 Å². The highest BCUT2D eigenvalue weighted by Gasteiger charge is 2.16. The van der Waals surface area contributed by atoms with Crippen molar-refractivity contribution in [3.63, 3.8) is 0 Å². The molecule has 5 nitrogen and oxygen atoms in total. The molecule has 0 bridgehead atoms. The summed E-state index contributed by atoms with van der Waals surface area (Å²) in [5.74, 6) is 0.0792. The smallest absolute Gasteiger partial charge is 0.265 e. The Morgan fingerprint density at radius 3 is 2.14 bits per heavy atom. The molecular weight excluding hydrogens is 364 g/mol. The van der Waals surface area contributed by atoms with Gasteiger partial charge in [-0.2, -0.15) is 0 Å². The fourth-order valence-corrected chi connectivity index (χ4v) is 2.73. The Hall–Kier alpha value is -3.60. The minimum atomic E-state index is -0.679. The lowest BCUT2D eigenvalue weighted by atomic mass is 10.2. The van der Waals surface area contributed by atoms with Gasteiger partial charge in [-0.25, -0.2) is 0 Å². The Morgan fingerprint density at radius 1 is 0.828 bits per heavy atom. The van der Waals surface area contributed by atoms with Gasteiger partial charge >= 0.3 is 0 Å². The van der Waals surface area contributed by atoms with Gasteiger partial charge in [0.15, 0.2) is 6.10 Å². The molecule has 0 aliphatic rings. The van der Waals surface area contributed by atoms with E-state index in [9.17, 15) is 9.59 Å². The highest BCUT2D eigenvalue weighted by Crippen LogP contribution is 2.18. The second-order valence-corrected chi connectivity index (χ2v) is 6.91. The summed E-state index contributed by atoms with van der Waals surface area (Å²) in [6.07, 6.45) is -0.679. The molecule has 2 N–H and O–H groups in total. The van der Waals surface area contributed by atoms with Crippen molar-refractivity contribution in [3.8, 4) is 5.75 Å². The van der Waals surface area contributed by atoms with Gasteiger partial charge in [-0.3, -0.25) is 9.59 Å². The topological polar surface area (TPSA) is 67.4 Å². The number of carbonyl (C=O) groups excluding carboxylic acids is 2. The number of ether oxygens (including phenoxy) is 1. The number of hydrogen-bond acceptors (Lipinski definition) is 3. The maximum Gasteiger partial charge on any atom is 0.265 e. The standard InChI is InChI=1S/C24H24N2O3/c1-16-8-12-20(13-9-16)25-24(28)19-10-14-21(15-11-19)29-18(3)23(27)26-22-7-5-4-6-17(22)2/h4-15,18H,1-3H3,(H,25,28)(H,26,27). The second-order valence-electron chi connectivity index (χ2n) is 6.91. The van der Waals surface area contributed by atoms with Crippen molar-refractivity contribution in [2.75, 3.05) is 10.6 Å². The molecule has 5 heteroatoms. The fraction of sp³-hybridized carbons (Fsp3) is 0.167. The van der Waals surface area contributed by atoms with Crippen LogP contribution in [0.15, 0.2) is 72.8 Å². The zero-order valence-electron chi connectivity index (χ0n) is 16.7. The second kappa shape index (κ2) is 9.06. The third kappa shape index (κ3) is 5.45. The van der Waals surface area contributed by atoms with Gasteiger partial charge in [0, 0.05) is 16.9 Å². The van der Waals surface area contributed by atoms with Crippen LogP contribution in [-0.4, -0.2) is 17.9 Å². The van der Waals surface area contributed by atoms with E-state index in [1.54, 1.807) is 31.2 Å². The Labute approximate surface area is 170 Å². The highest BCUT2D eigenvalue weighted by atomic mass is 16.5. The number of hydrogen-bond donors (Lipinski definition) is 2. The lowest BCUT2D eigenvalue weighted by Gasteiger charge is -2.16. The first kappa shape index (κ1) is 20.1. The zero-order chi connectivity index (χ0) is 20.8. The number of rotatable bonds is 6. The van der Waals surface area contributed by atoms with Crippen LogP contribution in [0.25, 0.3) is 0 Å². The number of nitrogens with one attached hydrogen (secondary N) is 2. The van der Waals surface area contributed by atoms with Crippen molar-refractivity contribution in [1.82, 2.24) is 0 Å². The Kier molecular flexibility index (Phi) is 6.29. The van der Waals surface area contributed by atoms with E-state index in [2.05, 4.69) is 10.6 Å². The largest absolute Gasteiger partial charge is 0.481 e. The number of anilines is 2. The molecule has 1 atom stereocenters. The van der Waals surface area contributed by atoms with Gasteiger partial charge in [0.2, 0.25) is 0 Å². The van der Waals surface area contributed by atoms with Gasteiger partial charge in [0.25, 0.3) is 11.8 Å². The zero-order valence-corrected chi connectivity index (χ0v) is 16.7. The van der Waals surface area contributed by atoms with E-state index in [4.69, 9.17) is 4.74 Å². The summed E-state index contributed by atoms with van der Waals surface area (Å²) in [6, 6.07) is 21.9. The molecule has 29 heavy (non-hydrogen) atoms. The summed E-state index contributed by atoms with van der Waals surface area (Å²) in [4.78, 5) is 24.7. The van der Waals surface area contributed by atoms with Crippen molar-refractivity contribution in [2.24, 2.45) is 0 Å². The van der Waals surface area contributed by atoms with Crippen LogP contribution in [0.4, 0.5) is 11.4 Å². The number of benzene rings is 3. The van der Waals surface area contributed by atoms with Crippen LogP contribution in [0.3, 0.4) is 0 Å². The molecule has 3 aromatic rings. The predicted octanol–water partition coefficient (Wildman–Crippen LogP) is 4.96. The van der Waals surface area contributed by atoms with Crippen LogP contribution < -0.4 is 15.4 Å². The van der Waals surface area contributed by atoms with Gasteiger partial charge in [-0.1, -0.05) is 35.9 Å². The molecule has 0 aliphatic heterocycles. The van der Waals surface area contributed by atoms with Crippen LogP contribution in [0, 0.1) is 13.8 Å². The highest BCUT2D eigenvalue weighted by molar-refractivity contribution is 6.04. The number of amides is 2. The van der Waals surface area contributed by atoms with Crippen molar-refractivity contribution < 1.29 is 14.3 Å². The first-order valence-electron chi connectivity index (χ1n) is 9.43. The molecule has 3 rings (SSSR count). The van der Waals surface area contributed by atoms with Crippen molar-refractivity contribution in [1.29, 1.82) is 0 Å². The molecule has 3 aromatic carbocycles. The molecule has 0 fully saturated rings. The van der Waals surface area contributed by atoms with Gasteiger partial charge in [0.05, 0.1) is 0 Å². The van der Waals surface area contributed by atoms with Gasteiger partial charge in [0.1, 0.15) is 5.75 Å². The van der Waals surface area contributed by atoms with Gasteiger partial charge in [-0.15, -0.1) is 0 Å². The van der Waals surface area contributed by atoms with Gasteiger partial charge in [-0.05, 0) is 68.8 Å². The summed E-state index contributed by atoms with van der Waals surface area (Å²) in [7, 11) is 0. The molecular formula is C24H24N2O3. The maximum atomic E-state index is 12.4.